The van der Waals surface area contributed by atoms with Crippen LogP contribution in [-0.2, 0) is 16.0 Å². The molecule has 0 aromatic carbocycles. The molecule has 8 heteroatoms. The largest absolute Gasteiger partial charge is 0.481 e. The lowest BCUT2D eigenvalue weighted by Gasteiger charge is -2.31. The molecule has 128 valence electrons. The van der Waals surface area contributed by atoms with Crippen molar-refractivity contribution in [2.24, 2.45) is 5.92 Å². The van der Waals surface area contributed by atoms with Crippen LogP contribution in [0.15, 0.2) is 22.9 Å². The molecule has 0 atom stereocenters. The van der Waals surface area contributed by atoms with Crippen LogP contribution in [0.5, 0.6) is 0 Å². The van der Waals surface area contributed by atoms with Gasteiger partial charge in [-0.3, -0.25) is 4.79 Å². The van der Waals surface area contributed by atoms with Gasteiger partial charge in [0.15, 0.2) is 5.82 Å². The van der Waals surface area contributed by atoms with Crippen molar-refractivity contribution in [3.63, 3.8) is 0 Å². The number of carboxylic acids is 1. The average molecular weight is 332 g/mol. The Morgan fingerprint density at radius 3 is 2.96 bits per heavy atom. The second-order valence-corrected chi connectivity index (χ2v) is 5.76. The zero-order chi connectivity index (χ0) is 16.9. The second kappa shape index (κ2) is 7.39. The first-order chi connectivity index (χ1) is 11.7. The fourth-order valence-corrected chi connectivity index (χ4v) is 2.75. The zero-order valence-electron chi connectivity index (χ0n) is 13.5. The monoisotopic (exact) mass is 332 g/mol. The van der Waals surface area contributed by atoms with Gasteiger partial charge in [0.05, 0.1) is 12.5 Å². The molecule has 24 heavy (non-hydrogen) atoms. The van der Waals surface area contributed by atoms with Crippen LogP contribution < -0.4 is 4.90 Å². The Morgan fingerprint density at radius 1 is 1.46 bits per heavy atom. The Labute approximate surface area is 139 Å². The summed E-state index contributed by atoms with van der Waals surface area (Å²) < 4.78 is 10.3. The van der Waals surface area contributed by atoms with Gasteiger partial charge in [0.25, 0.3) is 5.89 Å². The van der Waals surface area contributed by atoms with Gasteiger partial charge in [0.1, 0.15) is 5.82 Å². The Morgan fingerprint density at radius 2 is 2.25 bits per heavy atom. The third kappa shape index (κ3) is 3.70. The van der Waals surface area contributed by atoms with E-state index in [1.807, 2.05) is 12.1 Å². The molecule has 1 N–H and O–H groups in total. The van der Waals surface area contributed by atoms with E-state index in [-0.39, 0.29) is 5.92 Å². The number of methoxy groups -OCH3 is 1. The lowest BCUT2D eigenvalue weighted by Crippen LogP contribution is -2.36. The van der Waals surface area contributed by atoms with Gasteiger partial charge in [0, 0.05) is 38.4 Å². The van der Waals surface area contributed by atoms with Crippen molar-refractivity contribution < 1.29 is 19.2 Å². The summed E-state index contributed by atoms with van der Waals surface area (Å²) in [6, 6.07) is 3.72. The first-order valence-electron chi connectivity index (χ1n) is 7.93. The van der Waals surface area contributed by atoms with Gasteiger partial charge in [-0.15, -0.1) is 0 Å². The number of hydrogen-bond donors (Lipinski definition) is 1. The van der Waals surface area contributed by atoms with E-state index in [1.54, 1.807) is 13.3 Å². The van der Waals surface area contributed by atoms with Crippen LogP contribution in [0.3, 0.4) is 0 Å². The topological polar surface area (TPSA) is 102 Å². The van der Waals surface area contributed by atoms with Crippen molar-refractivity contribution >= 4 is 11.8 Å². The Bertz CT molecular complexity index is 695. The average Bonchev–Trinajstić information content (AvgIpc) is 3.09. The summed E-state index contributed by atoms with van der Waals surface area (Å²) in [5.74, 6) is 0.875. The number of carboxylic acid groups (broad SMARTS) is 1. The second-order valence-electron chi connectivity index (χ2n) is 5.76. The van der Waals surface area contributed by atoms with Crippen LogP contribution in [0.1, 0.15) is 18.7 Å². The normalized spacial score (nSPS) is 15.6. The standard InChI is InChI=1S/C16H20N4O4/c1-23-9-5-13-18-15(24-19-13)12-2-6-17-14(10-12)20-7-3-11(4-8-20)16(21)22/h2,6,10-11H,3-5,7-9H2,1H3,(H,21,22). The molecule has 3 heterocycles. The molecule has 0 radical (unpaired) electrons. The summed E-state index contributed by atoms with van der Waals surface area (Å²) >= 11 is 0. The minimum atomic E-state index is -0.717. The highest BCUT2D eigenvalue weighted by Crippen LogP contribution is 2.25. The molecule has 0 spiro atoms. The maximum Gasteiger partial charge on any atom is 0.306 e. The number of aromatic nitrogens is 3. The van der Waals surface area contributed by atoms with Crippen molar-refractivity contribution in [1.82, 2.24) is 15.1 Å². The SMILES string of the molecule is COCCc1noc(-c2ccnc(N3CCC(C(=O)O)CC3)c2)n1. The van der Waals surface area contributed by atoms with E-state index in [2.05, 4.69) is 20.0 Å². The minimum absolute atomic E-state index is 0.260. The van der Waals surface area contributed by atoms with E-state index in [1.165, 1.54) is 0 Å². The molecule has 2 aromatic rings. The van der Waals surface area contributed by atoms with Crippen LogP contribution in [0.2, 0.25) is 0 Å². The Hall–Kier alpha value is -2.48. The van der Waals surface area contributed by atoms with Gasteiger partial charge in [0.2, 0.25) is 0 Å². The van der Waals surface area contributed by atoms with Crippen molar-refractivity contribution in [2.45, 2.75) is 19.3 Å². The number of pyridine rings is 1. The minimum Gasteiger partial charge on any atom is -0.481 e. The third-order valence-electron chi connectivity index (χ3n) is 4.16. The fourth-order valence-electron chi connectivity index (χ4n) is 2.75. The molecule has 0 amide bonds. The number of ether oxygens (including phenoxy) is 1. The van der Waals surface area contributed by atoms with E-state index >= 15 is 0 Å². The zero-order valence-corrected chi connectivity index (χ0v) is 13.5. The Kier molecular flexibility index (Phi) is 5.05. The van der Waals surface area contributed by atoms with Gasteiger partial charge in [-0.05, 0) is 25.0 Å². The molecule has 3 rings (SSSR count). The predicted octanol–water partition coefficient (Wildman–Crippen LogP) is 1.62. The predicted molar refractivity (Wildman–Crippen MR) is 85.7 cm³/mol. The molecular formula is C16H20N4O4. The molecule has 1 saturated heterocycles. The summed E-state index contributed by atoms with van der Waals surface area (Å²) in [4.78, 5) is 21.9. The molecule has 8 nitrogen and oxygen atoms in total. The molecular weight excluding hydrogens is 312 g/mol. The van der Waals surface area contributed by atoms with E-state index in [9.17, 15) is 4.79 Å². The van der Waals surface area contributed by atoms with E-state index < -0.39 is 5.97 Å². The van der Waals surface area contributed by atoms with Crippen LogP contribution in [0.4, 0.5) is 5.82 Å². The maximum absolute atomic E-state index is 11.0. The van der Waals surface area contributed by atoms with Gasteiger partial charge < -0.3 is 19.3 Å². The van der Waals surface area contributed by atoms with E-state index in [0.29, 0.717) is 50.7 Å². The molecule has 2 aromatic heterocycles. The number of aliphatic carboxylic acids is 1. The molecule has 1 aliphatic heterocycles. The highest BCUT2D eigenvalue weighted by Gasteiger charge is 2.25. The number of piperidine rings is 1. The molecule has 0 saturated carbocycles. The van der Waals surface area contributed by atoms with Crippen molar-refractivity contribution in [2.75, 3.05) is 31.7 Å². The first-order valence-corrected chi connectivity index (χ1v) is 7.93. The van der Waals surface area contributed by atoms with E-state index in [4.69, 9.17) is 14.4 Å². The molecule has 0 aliphatic carbocycles. The molecule has 1 aliphatic rings. The smallest absolute Gasteiger partial charge is 0.306 e. The molecule has 1 fully saturated rings. The molecule has 0 unspecified atom stereocenters. The number of anilines is 1. The number of carbonyl (C=O) groups is 1. The van der Waals surface area contributed by atoms with Crippen molar-refractivity contribution in [1.29, 1.82) is 0 Å². The van der Waals surface area contributed by atoms with Gasteiger partial charge >= 0.3 is 5.97 Å². The lowest BCUT2D eigenvalue weighted by molar-refractivity contribution is -0.142. The van der Waals surface area contributed by atoms with Crippen LogP contribution in [-0.4, -0.2) is 53.0 Å². The first kappa shape index (κ1) is 16.4. The number of hydrogen-bond acceptors (Lipinski definition) is 7. The summed E-state index contributed by atoms with van der Waals surface area (Å²) in [7, 11) is 1.63. The summed E-state index contributed by atoms with van der Waals surface area (Å²) in [6.45, 7) is 1.89. The number of rotatable bonds is 6. The summed E-state index contributed by atoms with van der Waals surface area (Å²) in [5, 5.41) is 13.0. The van der Waals surface area contributed by atoms with Gasteiger partial charge in [-0.1, -0.05) is 5.16 Å². The van der Waals surface area contributed by atoms with Crippen LogP contribution >= 0.6 is 0 Å². The fraction of sp³-hybridized carbons (Fsp3) is 0.500. The maximum atomic E-state index is 11.0. The highest BCUT2D eigenvalue weighted by atomic mass is 16.5. The van der Waals surface area contributed by atoms with Crippen LogP contribution in [0.25, 0.3) is 11.5 Å². The quantitative estimate of drug-likeness (QED) is 0.851. The highest BCUT2D eigenvalue weighted by molar-refractivity contribution is 5.70. The van der Waals surface area contributed by atoms with Crippen molar-refractivity contribution in [3.8, 4) is 11.5 Å². The molecule has 0 bridgehead atoms. The van der Waals surface area contributed by atoms with Crippen molar-refractivity contribution in [3.05, 3.63) is 24.2 Å². The lowest BCUT2D eigenvalue weighted by atomic mass is 9.97. The third-order valence-corrected chi connectivity index (χ3v) is 4.16. The summed E-state index contributed by atoms with van der Waals surface area (Å²) in [5.41, 5.74) is 0.802. The number of nitrogens with zero attached hydrogens (tertiary/aromatic N) is 4. The Balaban J connectivity index is 1.70. The van der Waals surface area contributed by atoms with Gasteiger partial charge in [-0.25, -0.2) is 4.98 Å². The van der Waals surface area contributed by atoms with E-state index in [0.717, 1.165) is 11.4 Å². The van der Waals surface area contributed by atoms with Crippen LogP contribution in [0, 0.1) is 5.92 Å². The van der Waals surface area contributed by atoms with Gasteiger partial charge in [-0.2, -0.15) is 4.98 Å². The summed E-state index contributed by atoms with van der Waals surface area (Å²) in [6.07, 6.45) is 3.56.